The molecule has 22 heavy (non-hydrogen) atoms. The van der Waals surface area contributed by atoms with Crippen LogP contribution in [0.5, 0.6) is 0 Å². The Labute approximate surface area is 152 Å². The van der Waals surface area contributed by atoms with E-state index in [2.05, 4.69) is 0 Å². The van der Waals surface area contributed by atoms with Crippen molar-refractivity contribution < 1.29 is 0 Å². The van der Waals surface area contributed by atoms with Gasteiger partial charge in [0.1, 0.15) is 9.92 Å². The van der Waals surface area contributed by atoms with Gasteiger partial charge in [0.05, 0.1) is 16.9 Å². The lowest BCUT2D eigenvalue weighted by Crippen LogP contribution is -2.38. The number of aromatic nitrogens is 2. The third kappa shape index (κ3) is 2.46. The molecule has 4 heterocycles. The largest absolute Gasteiger partial charge is 0.331 e. The molecule has 0 unspecified atom stereocenters. The van der Waals surface area contributed by atoms with E-state index in [9.17, 15) is 9.59 Å². The Bertz CT molecular complexity index is 846. The molecule has 0 saturated carbocycles. The van der Waals surface area contributed by atoms with Crippen LogP contribution in [0.15, 0.2) is 36.5 Å². The van der Waals surface area contributed by atoms with E-state index in [1.54, 1.807) is 23.4 Å². The van der Waals surface area contributed by atoms with Crippen LogP contribution in [0.3, 0.4) is 0 Å². The topological polar surface area (TPSA) is 44.0 Å². The van der Waals surface area contributed by atoms with Gasteiger partial charge >= 0.3 is 5.69 Å². The first kappa shape index (κ1) is 15.8. The van der Waals surface area contributed by atoms with Crippen molar-refractivity contribution in [1.82, 2.24) is 9.13 Å². The highest BCUT2D eigenvalue weighted by atomic mass is 32.3. The third-order valence-electron chi connectivity index (χ3n) is 3.21. The van der Waals surface area contributed by atoms with Crippen molar-refractivity contribution in [3.63, 3.8) is 0 Å². The minimum atomic E-state index is -0.265. The Kier molecular flexibility index (Phi) is 4.27. The molecular weight excluding hydrogens is 397 g/mol. The number of thioether (sulfide) groups is 6. The van der Waals surface area contributed by atoms with E-state index in [1.165, 1.54) is 36.1 Å². The summed E-state index contributed by atoms with van der Waals surface area (Å²) >= 11 is 10.5. The van der Waals surface area contributed by atoms with E-state index in [0.29, 0.717) is 4.90 Å². The molecule has 3 aliphatic rings. The van der Waals surface area contributed by atoms with Crippen LogP contribution in [0.25, 0.3) is 0 Å². The minimum absolute atomic E-state index is 0.194. The summed E-state index contributed by atoms with van der Waals surface area (Å²) in [6.07, 6.45) is 0. The van der Waals surface area contributed by atoms with Crippen molar-refractivity contribution in [2.45, 2.75) is 9.92 Å². The van der Waals surface area contributed by atoms with E-state index in [-0.39, 0.29) is 11.2 Å². The molecule has 1 aromatic rings. The van der Waals surface area contributed by atoms with Gasteiger partial charge in [-0.05, 0) is 0 Å². The van der Waals surface area contributed by atoms with E-state index in [1.807, 2.05) is 47.0 Å². The van der Waals surface area contributed by atoms with E-state index in [4.69, 9.17) is 0 Å². The van der Waals surface area contributed by atoms with Crippen LogP contribution in [0.1, 0.15) is 0 Å². The summed E-state index contributed by atoms with van der Waals surface area (Å²) in [5.74, 6) is 2.32. The van der Waals surface area contributed by atoms with Gasteiger partial charge in [-0.1, -0.05) is 47.0 Å². The zero-order valence-corrected chi connectivity index (χ0v) is 16.5. The van der Waals surface area contributed by atoms with Crippen molar-refractivity contribution in [3.8, 4) is 0 Å². The highest BCUT2D eigenvalue weighted by Gasteiger charge is 2.33. The molecule has 10 heteroatoms. The molecule has 0 fully saturated rings. The predicted octanol–water partition coefficient (Wildman–Crippen LogP) is 3.50. The Morgan fingerprint density at radius 1 is 0.773 bits per heavy atom. The zero-order valence-electron chi connectivity index (χ0n) is 11.6. The molecule has 0 saturated heterocycles. The minimum Gasteiger partial charge on any atom is -0.290 e. The monoisotopic (exact) mass is 406 g/mol. The van der Waals surface area contributed by atoms with Gasteiger partial charge in [0, 0.05) is 25.6 Å². The molecule has 3 aliphatic heterocycles. The van der Waals surface area contributed by atoms with E-state index < -0.39 is 0 Å². The summed E-state index contributed by atoms with van der Waals surface area (Å²) in [6, 6.07) is 0. The van der Waals surface area contributed by atoms with Gasteiger partial charge in [-0.3, -0.25) is 13.9 Å². The predicted molar refractivity (Wildman–Crippen MR) is 103 cm³/mol. The highest BCUT2D eigenvalue weighted by molar-refractivity contribution is 8.42. The number of fused-ring (bicyclic) bond motifs is 1. The number of hydrogen-bond acceptors (Lipinski definition) is 8. The second kappa shape index (κ2) is 5.96. The maximum absolute atomic E-state index is 12.3. The molecule has 0 atom stereocenters. The van der Waals surface area contributed by atoms with Crippen LogP contribution < -0.4 is 11.2 Å². The standard InChI is InChI=1S/C12H10N2O2S6/c1-13-6(15)5-7(14(2)12(13)16)20-10(19-5)11-21-8-9(22-11)18-4-3-17-8/h3-4H2,1-2H3. The summed E-state index contributed by atoms with van der Waals surface area (Å²) in [5, 5.41) is 0.770. The number of rotatable bonds is 0. The highest BCUT2D eigenvalue weighted by Crippen LogP contribution is 2.64. The molecule has 4 rings (SSSR count). The lowest BCUT2D eigenvalue weighted by atomic mass is 10.6. The van der Waals surface area contributed by atoms with Crippen molar-refractivity contribution in [2.24, 2.45) is 14.1 Å². The Morgan fingerprint density at radius 2 is 1.36 bits per heavy atom. The third-order valence-corrected chi connectivity index (χ3v) is 12.2. The maximum Gasteiger partial charge on any atom is 0.331 e. The molecule has 0 bridgehead atoms. The lowest BCUT2D eigenvalue weighted by Gasteiger charge is -2.08. The first-order valence-electron chi connectivity index (χ1n) is 6.32. The van der Waals surface area contributed by atoms with Crippen molar-refractivity contribution in [2.75, 3.05) is 11.5 Å². The molecule has 4 nitrogen and oxygen atoms in total. The van der Waals surface area contributed by atoms with Gasteiger partial charge in [0.25, 0.3) is 5.56 Å². The quantitative estimate of drug-likeness (QED) is 0.607. The Hall–Kier alpha value is 0.260. The van der Waals surface area contributed by atoms with Gasteiger partial charge in [0.2, 0.25) is 0 Å². The van der Waals surface area contributed by atoms with E-state index >= 15 is 0 Å². The van der Waals surface area contributed by atoms with Crippen LogP contribution in [-0.2, 0) is 14.1 Å². The molecule has 116 valence electrons. The zero-order chi connectivity index (χ0) is 15.4. The second-order valence-electron chi connectivity index (χ2n) is 4.60. The molecule has 0 aromatic carbocycles. The Morgan fingerprint density at radius 3 is 2.00 bits per heavy atom. The molecule has 0 spiro atoms. The fraction of sp³-hybridized carbons (Fsp3) is 0.333. The summed E-state index contributed by atoms with van der Waals surface area (Å²) < 4.78 is 7.91. The van der Waals surface area contributed by atoms with Gasteiger partial charge in [-0.25, -0.2) is 4.79 Å². The first-order valence-corrected chi connectivity index (χ1v) is 11.6. The van der Waals surface area contributed by atoms with Crippen LogP contribution in [-0.4, -0.2) is 20.6 Å². The van der Waals surface area contributed by atoms with Crippen LogP contribution in [0.4, 0.5) is 0 Å². The van der Waals surface area contributed by atoms with Gasteiger partial charge in [-0.15, -0.1) is 23.5 Å². The molecule has 0 amide bonds. The maximum atomic E-state index is 12.3. The average Bonchev–Trinajstić information content (AvgIpc) is 3.14. The van der Waals surface area contributed by atoms with Crippen molar-refractivity contribution >= 4 is 70.6 Å². The molecule has 0 aliphatic carbocycles. The molecule has 0 N–H and O–H groups in total. The van der Waals surface area contributed by atoms with Gasteiger partial charge < -0.3 is 0 Å². The molecule has 0 radical (unpaired) electrons. The number of nitrogens with zero attached hydrogens (tertiary/aromatic N) is 2. The van der Waals surface area contributed by atoms with Crippen molar-refractivity contribution in [1.29, 1.82) is 0 Å². The van der Waals surface area contributed by atoms with Crippen LogP contribution >= 0.6 is 70.6 Å². The summed E-state index contributed by atoms with van der Waals surface area (Å²) in [7, 11) is 3.26. The number of hydrogen-bond donors (Lipinski definition) is 0. The second-order valence-corrected chi connectivity index (χ2v) is 11.9. The Balaban J connectivity index is 1.73. The first-order chi connectivity index (χ1) is 10.6. The van der Waals surface area contributed by atoms with Crippen LogP contribution in [0, 0.1) is 0 Å². The fourth-order valence-corrected chi connectivity index (χ4v) is 11.0. The summed E-state index contributed by atoms with van der Waals surface area (Å²) in [4.78, 5) is 25.0. The SMILES string of the molecule is Cn1c2c(c(=O)n(C)c1=O)SC(=C1SC3=C(SCCS3)S1)S2. The smallest absolute Gasteiger partial charge is 0.290 e. The molecular formula is C12H10N2O2S6. The van der Waals surface area contributed by atoms with Gasteiger partial charge in [0.15, 0.2) is 0 Å². The van der Waals surface area contributed by atoms with Gasteiger partial charge in [-0.2, -0.15) is 0 Å². The normalized spacial score (nSPS) is 20.6. The van der Waals surface area contributed by atoms with Crippen molar-refractivity contribution in [3.05, 3.63) is 37.8 Å². The lowest BCUT2D eigenvalue weighted by molar-refractivity contribution is 0.605. The van der Waals surface area contributed by atoms with Crippen LogP contribution in [0.2, 0.25) is 0 Å². The fourth-order valence-electron chi connectivity index (χ4n) is 2.08. The average molecular weight is 407 g/mol. The van der Waals surface area contributed by atoms with E-state index in [0.717, 1.165) is 20.8 Å². The summed E-state index contributed by atoms with van der Waals surface area (Å²) in [6.45, 7) is 0. The molecule has 1 aromatic heterocycles. The summed E-state index contributed by atoms with van der Waals surface area (Å²) in [5.41, 5.74) is -0.459.